The first-order chi connectivity index (χ1) is 10.5. The molecule has 0 unspecified atom stereocenters. The molecule has 1 aromatic heterocycles. The summed E-state index contributed by atoms with van der Waals surface area (Å²) in [5.74, 6) is 0.334. The standard InChI is InChI=1S/C15H16ClN3O3/c1-10-4-5-11(7-13(10)16)19-15(21)18-9-14(20)17-8-12-3-2-6-22-12/h2-7H,8-9H2,1H3,(H,17,20)(H2,18,19,21). The van der Waals surface area contributed by atoms with Crippen molar-refractivity contribution in [2.24, 2.45) is 0 Å². The largest absolute Gasteiger partial charge is 0.467 e. The maximum atomic E-state index is 11.7. The van der Waals surface area contributed by atoms with Crippen molar-refractivity contribution >= 4 is 29.2 Å². The Labute approximate surface area is 132 Å². The molecule has 0 aliphatic rings. The van der Waals surface area contributed by atoms with Crippen molar-refractivity contribution in [3.05, 3.63) is 52.9 Å². The number of carbonyl (C=O) groups is 2. The number of halogens is 1. The van der Waals surface area contributed by atoms with Crippen molar-refractivity contribution < 1.29 is 14.0 Å². The van der Waals surface area contributed by atoms with Gasteiger partial charge in [-0.1, -0.05) is 17.7 Å². The van der Waals surface area contributed by atoms with E-state index in [-0.39, 0.29) is 19.0 Å². The molecule has 116 valence electrons. The van der Waals surface area contributed by atoms with Crippen molar-refractivity contribution in [2.75, 3.05) is 11.9 Å². The van der Waals surface area contributed by atoms with Crippen LogP contribution in [0, 0.1) is 6.92 Å². The van der Waals surface area contributed by atoms with Gasteiger partial charge in [0.25, 0.3) is 0 Å². The topological polar surface area (TPSA) is 83.4 Å². The minimum Gasteiger partial charge on any atom is -0.467 e. The van der Waals surface area contributed by atoms with Crippen molar-refractivity contribution in [1.82, 2.24) is 10.6 Å². The van der Waals surface area contributed by atoms with E-state index < -0.39 is 6.03 Å². The molecule has 0 atom stereocenters. The monoisotopic (exact) mass is 321 g/mol. The molecule has 0 radical (unpaired) electrons. The molecule has 2 aromatic rings. The number of benzene rings is 1. The lowest BCUT2D eigenvalue weighted by Crippen LogP contribution is -2.38. The Bertz CT molecular complexity index is 656. The zero-order chi connectivity index (χ0) is 15.9. The molecule has 0 saturated heterocycles. The van der Waals surface area contributed by atoms with Crippen molar-refractivity contribution in [2.45, 2.75) is 13.5 Å². The van der Waals surface area contributed by atoms with E-state index in [2.05, 4.69) is 16.0 Å². The Kier molecular flexibility index (Phi) is 5.43. The number of furan rings is 1. The van der Waals surface area contributed by atoms with E-state index in [0.717, 1.165) is 5.56 Å². The van der Waals surface area contributed by atoms with Crippen LogP contribution < -0.4 is 16.0 Å². The summed E-state index contributed by atoms with van der Waals surface area (Å²) in [5.41, 5.74) is 1.48. The summed E-state index contributed by atoms with van der Waals surface area (Å²) in [5, 5.41) is 8.25. The van der Waals surface area contributed by atoms with Gasteiger partial charge in [-0.15, -0.1) is 0 Å². The van der Waals surface area contributed by atoms with Gasteiger partial charge in [0.1, 0.15) is 5.76 Å². The third-order valence-electron chi connectivity index (χ3n) is 2.88. The summed E-state index contributed by atoms with van der Waals surface area (Å²) in [6.07, 6.45) is 1.53. The summed E-state index contributed by atoms with van der Waals surface area (Å²) in [6, 6.07) is 8.19. The molecule has 3 N–H and O–H groups in total. The van der Waals surface area contributed by atoms with E-state index in [9.17, 15) is 9.59 Å². The van der Waals surface area contributed by atoms with Crippen molar-refractivity contribution in [3.63, 3.8) is 0 Å². The van der Waals surface area contributed by atoms with Gasteiger partial charge < -0.3 is 20.4 Å². The molecular weight excluding hydrogens is 306 g/mol. The molecule has 0 bridgehead atoms. The average molecular weight is 322 g/mol. The number of hydrogen-bond donors (Lipinski definition) is 3. The number of rotatable bonds is 5. The number of anilines is 1. The summed E-state index contributed by atoms with van der Waals surface area (Å²) < 4.78 is 5.08. The van der Waals surface area contributed by atoms with Crippen LogP contribution in [-0.2, 0) is 11.3 Å². The highest BCUT2D eigenvalue weighted by molar-refractivity contribution is 6.31. The van der Waals surface area contributed by atoms with Gasteiger partial charge >= 0.3 is 6.03 Å². The molecule has 6 nitrogen and oxygen atoms in total. The Morgan fingerprint density at radius 3 is 2.73 bits per heavy atom. The van der Waals surface area contributed by atoms with Crippen LogP contribution in [0.3, 0.4) is 0 Å². The molecule has 22 heavy (non-hydrogen) atoms. The number of hydrogen-bond acceptors (Lipinski definition) is 3. The van der Waals surface area contributed by atoms with E-state index in [1.807, 2.05) is 6.92 Å². The van der Waals surface area contributed by atoms with Gasteiger partial charge in [-0.2, -0.15) is 0 Å². The van der Waals surface area contributed by atoms with Gasteiger partial charge in [0.2, 0.25) is 5.91 Å². The molecule has 0 aliphatic heterocycles. The fourth-order valence-electron chi connectivity index (χ4n) is 1.67. The summed E-state index contributed by atoms with van der Waals surface area (Å²) >= 11 is 5.97. The van der Waals surface area contributed by atoms with E-state index in [4.69, 9.17) is 16.0 Å². The Morgan fingerprint density at radius 1 is 1.23 bits per heavy atom. The zero-order valence-electron chi connectivity index (χ0n) is 12.0. The lowest BCUT2D eigenvalue weighted by atomic mass is 10.2. The lowest BCUT2D eigenvalue weighted by molar-refractivity contribution is -0.120. The molecule has 3 amide bonds. The molecule has 1 aromatic carbocycles. The second-order valence-corrected chi connectivity index (χ2v) is 5.03. The number of urea groups is 1. The molecule has 0 saturated carbocycles. The van der Waals surface area contributed by atoms with E-state index in [1.54, 1.807) is 30.3 Å². The lowest BCUT2D eigenvalue weighted by Gasteiger charge is -2.09. The smallest absolute Gasteiger partial charge is 0.319 e. The molecular formula is C15H16ClN3O3. The van der Waals surface area contributed by atoms with Crippen LogP contribution in [0.15, 0.2) is 41.0 Å². The molecule has 2 rings (SSSR count). The Hall–Kier alpha value is -2.47. The van der Waals surface area contributed by atoms with E-state index >= 15 is 0 Å². The maximum absolute atomic E-state index is 11.7. The summed E-state index contributed by atoms with van der Waals surface area (Å²) in [6.45, 7) is 2.02. The fraction of sp³-hybridized carbons (Fsp3) is 0.200. The highest BCUT2D eigenvalue weighted by atomic mass is 35.5. The molecule has 0 aliphatic carbocycles. The first-order valence-corrected chi connectivity index (χ1v) is 7.02. The van der Waals surface area contributed by atoms with Crippen molar-refractivity contribution in [3.8, 4) is 0 Å². The second kappa shape index (κ2) is 7.51. The van der Waals surface area contributed by atoms with Crippen LogP contribution >= 0.6 is 11.6 Å². The number of carbonyl (C=O) groups excluding carboxylic acids is 2. The number of amides is 3. The second-order valence-electron chi connectivity index (χ2n) is 4.63. The minimum absolute atomic E-state index is 0.133. The molecule has 0 spiro atoms. The number of nitrogens with one attached hydrogen (secondary N) is 3. The predicted molar refractivity (Wildman–Crippen MR) is 83.8 cm³/mol. The normalized spacial score (nSPS) is 10.1. The maximum Gasteiger partial charge on any atom is 0.319 e. The van der Waals surface area contributed by atoms with E-state index in [0.29, 0.717) is 16.5 Å². The Balaban J connectivity index is 1.72. The summed E-state index contributed by atoms with van der Waals surface area (Å²) in [4.78, 5) is 23.3. The number of aryl methyl sites for hydroxylation is 1. The molecule has 7 heteroatoms. The van der Waals surface area contributed by atoms with Gasteiger partial charge in [0.05, 0.1) is 19.4 Å². The average Bonchev–Trinajstić information content (AvgIpc) is 3.00. The summed E-state index contributed by atoms with van der Waals surface area (Å²) in [7, 11) is 0. The van der Waals surface area contributed by atoms with Crippen LogP contribution in [0.2, 0.25) is 5.02 Å². The predicted octanol–water partition coefficient (Wildman–Crippen LogP) is 2.68. The van der Waals surface area contributed by atoms with Gasteiger partial charge in [-0.05, 0) is 36.8 Å². The minimum atomic E-state index is -0.479. The fourth-order valence-corrected chi connectivity index (χ4v) is 1.85. The van der Waals surface area contributed by atoms with Crippen LogP contribution in [0.25, 0.3) is 0 Å². The highest BCUT2D eigenvalue weighted by Gasteiger charge is 2.07. The SMILES string of the molecule is Cc1ccc(NC(=O)NCC(=O)NCc2ccco2)cc1Cl. The van der Waals surface area contributed by atoms with Gasteiger partial charge in [-0.3, -0.25) is 4.79 Å². The van der Waals surface area contributed by atoms with Crippen molar-refractivity contribution in [1.29, 1.82) is 0 Å². The van der Waals surface area contributed by atoms with Gasteiger partial charge in [0.15, 0.2) is 0 Å². The van der Waals surface area contributed by atoms with Gasteiger partial charge in [0, 0.05) is 10.7 Å². The zero-order valence-corrected chi connectivity index (χ0v) is 12.7. The van der Waals surface area contributed by atoms with Crippen LogP contribution in [0.4, 0.5) is 10.5 Å². The van der Waals surface area contributed by atoms with Crippen LogP contribution in [-0.4, -0.2) is 18.5 Å². The Morgan fingerprint density at radius 2 is 2.05 bits per heavy atom. The molecule has 1 heterocycles. The third-order valence-corrected chi connectivity index (χ3v) is 3.29. The van der Waals surface area contributed by atoms with Gasteiger partial charge in [-0.25, -0.2) is 4.79 Å². The van der Waals surface area contributed by atoms with Crippen LogP contribution in [0.1, 0.15) is 11.3 Å². The van der Waals surface area contributed by atoms with E-state index in [1.165, 1.54) is 6.26 Å². The quantitative estimate of drug-likeness (QED) is 0.791. The highest BCUT2D eigenvalue weighted by Crippen LogP contribution is 2.19. The molecule has 0 fully saturated rings. The van der Waals surface area contributed by atoms with Crippen LogP contribution in [0.5, 0.6) is 0 Å². The first kappa shape index (κ1) is 15.9. The third kappa shape index (κ3) is 4.82. The first-order valence-electron chi connectivity index (χ1n) is 6.64.